The van der Waals surface area contributed by atoms with Crippen molar-refractivity contribution >= 4 is 33.0 Å². The third-order valence-electron chi connectivity index (χ3n) is 3.83. The number of fused-ring (bicyclic) bond motifs is 1. The van der Waals surface area contributed by atoms with Gasteiger partial charge in [-0.05, 0) is 47.1 Å². The number of aryl methyl sites for hydroxylation is 1. The van der Waals surface area contributed by atoms with Gasteiger partial charge in [-0.25, -0.2) is 9.78 Å². The lowest BCUT2D eigenvalue weighted by atomic mass is 10.3. The quantitative estimate of drug-likeness (QED) is 0.724. The van der Waals surface area contributed by atoms with Crippen LogP contribution in [0.25, 0.3) is 11.0 Å². The topological polar surface area (TPSA) is 63.3 Å². The third-order valence-corrected chi connectivity index (χ3v) is 4.25. The van der Waals surface area contributed by atoms with E-state index in [0.717, 1.165) is 22.6 Å². The molecule has 1 N–H and O–H groups in total. The summed E-state index contributed by atoms with van der Waals surface area (Å²) >= 11 is 3.26. The first-order valence-electron chi connectivity index (χ1n) is 7.69. The van der Waals surface area contributed by atoms with E-state index in [1.165, 1.54) is 0 Å². The van der Waals surface area contributed by atoms with Crippen LogP contribution in [0.15, 0.2) is 45.5 Å². The monoisotopic (exact) mass is 390 g/mol. The van der Waals surface area contributed by atoms with Gasteiger partial charge >= 0.3 is 6.03 Å². The Morgan fingerprint density at radius 2 is 2.12 bits per heavy atom. The fourth-order valence-corrected chi connectivity index (χ4v) is 2.97. The second-order valence-electron chi connectivity index (χ2n) is 5.59. The van der Waals surface area contributed by atoms with Gasteiger partial charge in [0.2, 0.25) is 0 Å². The number of furan rings is 1. The number of rotatable bonds is 5. The Balaban J connectivity index is 1.55. The second kappa shape index (κ2) is 7.09. The molecule has 6 nitrogen and oxygen atoms in total. The molecule has 2 heterocycles. The number of nitrogens with zero attached hydrogens (tertiary/aromatic N) is 3. The lowest BCUT2D eigenvalue weighted by molar-refractivity contribution is 0.202. The lowest BCUT2D eigenvalue weighted by Gasteiger charge is -2.17. The molecule has 0 spiro atoms. The molecule has 1 aromatic carbocycles. The highest BCUT2D eigenvalue weighted by atomic mass is 79.9. The van der Waals surface area contributed by atoms with E-state index >= 15 is 0 Å². The van der Waals surface area contributed by atoms with E-state index < -0.39 is 0 Å². The standard InChI is InChI=1S/C17H19BrN4O2/c1-12-20-14-5-3-4-6-15(14)22(12)10-9-19-17(23)21(2)11-13-7-8-16(18)24-13/h3-8H,9-11H2,1-2H3,(H,19,23). The summed E-state index contributed by atoms with van der Waals surface area (Å²) in [7, 11) is 1.74. The predicted molar refractivity (Wildman–Crippen MR) is 95.7 cm³/mol. The average molecular weight is 391 g/mol. The second-order valence-corrected chi connectivity index (χ2v) is 6.37. The first-order valence-corrected chi connectivity index (χ1v) is 8.49. The highest BCUT2D eigenvalue weighted by Crippen LogP contribution is 2.16. The zero-order valence-electron chi connectivity index (χ0n) is 13.6. The zero-order valence-corrected chi connectivity index (χ0v) is 15.2. The number of nitrogens with one attached hydrogen (secondary N) is 1. The summed E-state index contributed by atoms with van der Waals surface area (Å²) in [4.78, 5) is 18.3. The van der Waals surface area contributed by atoms with E-state index in [0.29, 0.717) is 24.3 Å². The van der Waals surface area contributed by atoms with E-state index in [4.69, 9.17) is 4.42 Å². The van der Waals surface area contributed by atoms with E-state index in [1.54, 1.807) is 11.9 Å². The molecule has 7 heteroatoms. The number of hydrogen-bond donors (Lipinski definition) is 1. The van der Waals surface area contributed by atoms with Crippen LogP contribution < -0.4 is 5.32 Å². The number of para-hydroxylation sites is 2. The molecule has 3 aromatic rings. The molecule has 0 bridgehead atoms. The number of carbonyl (C=O) groups excluding carboxylic acids is 1. The SMILES string of the molecule is Cc1nc2ccccc2n1CCNC(=O)N(C)Cc1ccc(Br)o1. The molecule has 2 amide bonds. The van der Waals surface area contributed by atoms with Crippen LogP contribution in [0.1, 0.15) is 11.6 Å². The molecule has 0 saturated heterocycles. The third kappa shape index (κ3) is 3.62. The molecule has 0 radical (unpaired) electrons. The normalized spacial score (nSPS) is 11.0. The summed E-state index contributed by atoms with van der Waals surface area (Å²) in [5, 5.41) is 2.92. The number of aromatic nitrogens is 2. The first-order chi connectivity index (χ1) is 11.5. The van der Waals surface area contributed by atoms with Crippen molar-refractivity contribution in [2.45, 2.75) is 20.0 Å². The van der Waals surface area contributed by atoms with Crippen molar-refractivity contribution in [1.29, 1.82) is 0 Å². The predicted octanol–water partition coefficient (Wildman–Crippen LogP) is 3.54. The lowest BCUT2D eigenvalue weighted by Crippen LogP contribution is -2.38. The summed E-state index contributed by atoms with van der Waals surface area (Å²) in [6, 6.07) is 11.5. The molecule has 3 rings (SSSR count). The molecule has 24 heavy (non-hydrogen) atoms. The zero-order chi connectivity index (χ0) is 17.1. The maximum absolute atomic E-state index is 12.2. The maximum atomic E-state index is 12.2. The van der Waals surface area contributed by atoms with Crippen LogP contribution in [-0.2, 0) is 13.1 Å². The van der Waals surface area contributed by atoms with Gasteiger partial charge in [-0.3, -0.25) is 0 Å². The van der Waals surface area contributed by atoms with Crippen molar-refractivity contribution in [3.63, 3.8) is 0 Å². The molecular formula is C17H19BrN4O2. The van der Waals surface area contributed by atoms with Gasteiger partial charge in [0.15, 0.2) is 4.67 Å². The molecular weight excluding hydrogens is 372 g/mol. The van der Waals surface area contributed by atoms with Gasteiger partial charge in [0.25, 0.3) is 0 Å². The van der Waals surface area contributed by atoms with Crippen LogP contribution in [0.4, 0.5) is 4.79 Å². The van der Waals surface area contributed by atoms with Crippen LogP contribution in [0.2, 0.25) is 0 Å². The summed E-state index contributed by atoms with van der Waals surface area (Å²) in [5.41, 5.74) is 2.06. The largest absolute Gasteiger partial charge is 0.452 e. The van der Waals surface area contributed by atoms with Gasteiger partial charge in [-0.1, -0.05) is 12.1 Å². The maximum Gasteiger partial charge on any atom is 0.317 e. The Hall–Kier alpha value is -2.28. The van der Waals surface area contributed by atoms with Crippen LogP contribution in [0.3, 0.4) is 0 Å². The van der Waals surface area contributed by atoms with Crippen molar-refractivity contribution in [2.75, 3.05) is 13.6 Å². The van der Waals surface area contributed by atoms with Crippen molar-refractivity contribution in [2.24, 2.45) is 0 Å². The van der Waals surface area contributed by atoms with Crippen molar-refractivity contribution in [3.05, 3.63) is 52.7 Å². The van der Waals surface area contributed by atoms with Crippen LogP contribution in [0, 0.1) is 6.92 Å². The van der Waals surface area contributed by atoms with Crippen LogP contribution >= 0.6 is 15.9 Å². The molecule has 2 aromatic heterocycles. The Morgan fingerprint density at radius 1 is 1.33 bits per heavy atom. The number of benzene rings is 1. The van der Waals surface area contributed by atoms with E-state index in [-0.39, 0.29) is 6.03 Å². The molecule has 0 atom stereocenters. The minimum atomic E-state index is -0.135. The molecule has 0 aliphatic rings. The Morgan fingerprint density at radius 3 is 2.88 bits per heavy atom. The molecule has 0 aliphatic heterocycles. The fourth-order valence-electron chi connectivity index (χ4n) is 2.63. The van der Waals surface area contributed by atoms with Gasteiger partial charge in [0.1, 0.15) is 11.6 Å². The van der Waals surface area contributed by atoms with Crippen LogP contribution in [0.5, 0.6) is 0 Å². The molecule has 0 fully saturated rings. The summed E-state index contributed by atoms with van der Waals surface area (Å²) in [6.45, 7) is 3.61. The number of urea groups is 1. The summed E-state index contributed by atoms with van der Waals surface area (Å²) in [5.74, 6) is 1.68. The van der Waals surface area contributed by atoms with Gasteiger partial charge < -0.3 is 19.2 Å². The Bertz CT molecular complexity index is 855. The Kier molecular flexibility index (Phi) is 4.89. The number of amides is 2. The number of halogens is 1. The summed E-state index contributed by atoms with van der Waals surface area (Å²) in [6.07, 6.45) is 0. The number of carbonyl (C=O) groups is 1. The average Bonchev–Trinajstić information content (AvgIpc) is 3.10. The van der Waals surface area contributed by atoms with Gasteiger partial charge in [-0.15, -0.1) is 0 Å². The van der Waals surface area contributed by atoms with Crippen LogP contribution in [-0.4, -0.2) is 34.1 Å². The number of hydrogen-bond acceptors (Lipinski definition) is 3. The summed E-state index contributed by atoms with van der Waals surface area (Å²) < 4.78 is 8.19. The smallest absolute Gasteiger partial charge is 0.317 e. The van der Waals surface area contributed by atoms with E-state index in [2.05, 4.69) is 30.8 Å². The molecule has 126 valence electrons. The van der Waals surface area contributed by atoms with E-state index in [1.807, 2.05) is 43.3 Å². The highest BCUT2D eigenvalue weighted by Gasteiger charge is 2.12. The minimum Gasteiger partial charge on any atom is -0.452 e. The Labute approximate surface area is 148 Å². The first kappa shape index (κ1) is 16.6. The number of imidazole rings is 1. The fraction of sp³-hybridized carbons (Fsp3) is 0.294. The van der Waals surface area contributed by atoms with Crippen molar-refractivity contribution in [3.8, 4) is 0 Å². The van der Waals surface area contributed by atoms with Gasteiger partial charge in [0.05, 0.1) is 17.6 Å². The molecule has 0 aliphatic carbocycles. The van der Waals surface area contributed by atoms with E-state index in [9.17, 15) is 4.79 Å². The highest BCUT2D eigenvalue weighted by molar-refractivity contribution is 9.10. The van der Waals surface area contributed by atoms with Gasteiger partial charge in [0, 0.05) is 20.1 Å². The van der Waals surface area contributed by atoms with Crippen molar-refractivity contribution < 1.29 is 9.21 Å². The minimum absolute atomic E-state index is 0.135. The molecule has 0 saturated carbocycles. The van der Waals surface area contributed by atoms with Gasteiger partial charge in [-0.2, -0.15) is 0 Å². The molecule has 0 unspecified atom stereocenters. The van der Waals surface area contributed by atoms with Crippen molar-refractivity contribution in [1.82, 2.24) is 19.8 Å².